The highest BCUT2D eigenvalue weighted by Gasteiger charge is 2.21. The zero-order valence-corrected chi connectivity index (χ0v) is 12.8. The maximum atomic E-state index is 12.1. The maximum Gasteiger partial charge on any atom is 0.414 e. The van der Waals surface area contributed by atoms with Crippen LogP contribution >= 0.6 is 0 Å². The van der Waals surface area contributed by atoms with Crippen molar-refractivity contribution in [3.05, 3.63) is 29.8 Å². The second-order valence-electron chi connectivity index (χ2n) is 6.35. The molecule has 1 aromatic carbocycles. The molecule has 20 heavy (non-hydrogen) atoms. The third-order valence-electron chi connectivity index (χ3n) is 3.37. The summed E-state index contributed by atoms with van der Waals surface area (Å²) < 4.78 is 5.38. The Kier molecular flexibility index (Phi) is 4.33. The zero-order chi connectivity index (χ0) is 14.8. The number of rotatable bonds is 3. The van der Waals surface area contributed by atoms with Gasteiger partial charge in [0.1, 0.15) is 5.60 Å². The minimum absolute atomic E-state index is 0.323. The number of nitrogens with one attached hydrogen (secondary N) is 1. The number of hydrogen-bond donors (Lipinski definition) is 1. The number of ether oxygens (including phenoxy) is 1. The Labute approximate surface area is 121 Å². The van der Waals surface area contributed by atoms with Gasteiger partial charge >= 0.3 is 6.09 Å². The van der Waals surface area contributed by atoms with Gasteiger partial charge in [-0.2, -0.15) is 0 Å². The Morgan fingerprint density at radius 2 is 2.15 bits per heavy atom. The van der Waals surface area contributed by atoms with E-state index in [4.69, 9.17) is 4.74 Å². The highest BCUT2D eigenvalue weighted by Crippen LogP contribution is 2.20. The highest BCUT2D eigenvalue weighted by atomic mass is 16.6. The minimum atomic E-state index is -0.473. The molecule has 1 aliphatic heterocycles. The van der Waals surface area contributed by atoms with Crippen LogP contribution in [0.2, 0.25) is 0 Å². The largest absolute Gasteiger partial charge is 0.443 e. The van der Waals surface area contributed by atoms with Crippen LogP contribution in [-0.2, 0) is 11.2 Å². The predicted octanol–water partition coefficient (Wildman–Crippen LogP) is 2.96. The van der Waals surface area contributed by atoms with Gasteiger partial charge in [-0.3, -0.25) is 4.90 Å². The van der Waals surface area contributed by atoms with Crippen LogP contribution in [0.25, 0.3) is 0 Å². The molecule has 110 valence electrons. The number of anilines is 1. The van der Waals surface area contributed by atoms with Crippen molar-refractivity contribution in [2.75, 3.05) is 18.5 Å². The van der Waals surface area contributed by atoms with Gasteiger partial charge in [0.15, 0.2) is 0 Å². The van der Waals surface area contributed by atoms with Gasteiger partial charge in [0.05, 0.1) is 0 Å². The summed E-state index contributed by atoms with van der Waals surface area (Å²) in [6.45, 7) is 6.73. The fourth-order valence-electron chi connectivity index (χ4n) is 2.14. The Balaban J connectivity index is 2.03. The van der Waals surface area contributed by atoms with Gasteiger partial charge in [0.2, 0.25) is 0 Å². The van der Waals surface area contributed by atoms with Crippen molar-refractivity contribution >= 4 is 11.8 Å². The zero-order valence-electron chi connectivity index (χ0n) is 12.8. The molecule has 0 radical (unpaired) electrons. The smallest absolute Gasteiger partial charge is 0.414 e. The first-order valence-corrected chi connectivity index (χ1v) is 7.14. The van der Waals surface area contributed by atoms with E-state index in [2.05, 4.69) is 17.4 Å². The molecule has 1 aromatic rings. The summed E-state index contributed by atoms with van der Waals surface area (Å²) in [6.07, 6.45) is 1.92. The summed E-state index contributed by atoms with van der Waals surface area (Å²) >= 11 is 0. The number of benzene rings is 1. The first-order valence-electron chi connectivity index (χ1n) is 7.14. The molecule has 4 nitrogen and oxygen atoms in total. The first kappa shape index (κ1) is 14.9. The van der Waals surface area contributed by atoms with Gasteiger partial charge in [-0.1, -0.05) is 12.1 Å². The molecule has 0 spiro atoms. The molecule has 1 amide bonds. The van der Waals surface area contributed by atoms with Crippen LogP contribution in [0.1, 0.15) is 32.8 Å². The molecule has 1 heterocycles. The average molecular weight is 276 g/mol. The Morgan fingerprint density at radius 3 is 2.70 bits per heavy atom. The van der Waals surface area contributed by atoms with Crippen molar-refractivity contribution in [1.82, 2.24) is 5.32 Å². The fourth-order valence-corrected chi connectivity index (χ4v) is 2.14. The van der Waals surface area contributed by atoms with Crippen LogP contribution in [0.4, 0.5) is 10.5 Å². The van der Waals surface area contributed by atoms with E-state index in [0.29, 0.717) is 6.04 Å². The topological polar surface area (TPSA) is 41.6 Å². The van der Waals surface area contributed by atoms with Crippen LogP contribution in [0.5, 0.6) is 0 Å². The molecule has 0 bridgehead atoms. The van der Waals surface area contributed by atoms with Gasteiger partial charge in [0, 0.05) is 18.8 Å². The summed E-state index contributed by atoms with van der Waals surface area (Å²) in [6, 6.07) is 8.67. The number of carbonyl (C=O) groups excluding carboxylic acids is 1. The minimum Gasteiger partial charge on any atom is -0.443 e. The lowest BCUT2D eigenvalue weighted by molar-refractivity contribution is 0.0589. The molecule has 0 aliphatic carbocycles. The molecule has 4 heteroatoms. The van der Waals surface area contributed by atoms with Gasteiger partial charge in [-0.15, -0.1) is 0 Å². The van der Waals surface area contributed by atoms with E-state index in [-0.39, 0.29) is 6.09 Å². The fraction of sp³-hybridized carbons (Fsp3) is 0.562. The summed E-state index contributed by atoms with van der Waals surface area (Å²) in [5.41, 5.74) is 1.64. The number of nitrogens with zero attached hydrogens (tertiary/aromatic N) is 1. The number of carbonyl (C=O) groups is 1. The first-order chi connectivity index (χ1) is 9.35. The molecule has 1 fully saturated rings. The van der Waals surface area contributed by atoms with E-state index < -0.39 is 5.60 Å². The van der Waals surface area contributed by atoms with Crippen molar-refractivity contribution < 1.29 is 9.53 Å². The van der Waals surface area contributed by atoms with E-state index in [9.17, 15) is 4.79 Å². The van der Waals surface area contributed by atoms with E-state index in [1.54, 1.807) is 11.9 Å². The van der Waals surface area contributed by atoms with Gasteiger partial charge in [-0.25, -0.2) is 4.79 Å². The molecule has 1 N–H and O–H groups in total. The van der Waals surface area contributed by atoms with E-state index >= 15 is 0 Å². The standard InChI is InChI=1S/C16H24N2O2/c1-16(2,3)20-15(19)18(4)14-7-5-6-12(11-14)10-13-8-9-17-13/h5-7,11,13,17H,8-10H2,1-4H3. The van der Waals surface area contributed by atoms with Crippen molar-refractivity contribution in [3.8, 4) is 0 Å². The summed E-state index contributed by atoms with van der Waals surface area (Å²) in [5.74, 6) is 0. The van der Waals surface area contributed by atoms with Gasteiger partial charge in [-0.05, 0) is 57.9 Å². The summed E-state index contributed by atoms with van der Waals surface area (Å²) in [4.78, 5) is 13.6. The van der Waals surface area contributed by atoms with Crippen LogP contribution in [-0.4, -0.2) is 31.3 Å². The lowest BCUT2D eigenvalue weighted by Gasteiger charge is -2.28. The second-order valence-corrected chi connectivity index (χ2v) is 6.35. The molecule has 1 saturated heterocycles. The quantitative estimate of drug-likeness (QED) is 0.923. The second kappa shape index (κ2) is 5.83. The van der Waals surface area contributed by atoms with Gasteiger partial charge < -0.3 is 10.1 Å². The van der Waals surface area contributed by atoms with E-state index in [1.165, 1.54) is 12.0 Å². The summed E-state index contributed by atoms with van der Waals surface area (Å²) in [7, 11) is 1.74. The third-order valence-corrected chi connectivity index (χ3v) is 3.37. The molecule has 0 saturated carbocycles. The lowest BCUT2D eigenvalue weighted by Crippen LogP contribution is -2.44. The van der Waals surface area contributed by atoms with E-state index in [0.717, 1.165) is 18.7 Å². The Bertz CT molecular complexity index is 476. The molecule has 2 rings (SSSR count). The predicted molar refractivity (Wildman–Crippen MR) is 81.2 cm³/mol. The van der Waals surface area contributed by atoms with Crippen LogP contribution < -0.4 is 10.2 Å². The van der Waals surface area contributed by atoms with E-state index in [1.807, 2.05) is 32.9 Å². The van der Waals surface area contributed by atoms with Gasteiger partial charge in [0.25, 0.3) is 0 Å². The van der Waals surface area contributed by atoms with Crippen LogP contribution in [0, 0.1) is 0 Å². The van der Waals surface area contributed by atoms with Crippen molar-refractivity contribution in [2.24, 2.45) is 0 Å². The lowest BCUT2D eigenvalue weighted by atomic mass is 9.98. The average Bonchev–Trinajstić information content (AvgIpc) is 2.31. The monoisotopic (exact) mass is 276 g/mol. The van der Waals surface area contributed by atoms with Crippen molar-refractivity contribution in [2.45, 2.75) is 45.3 Å². The summed E-state index contributed by atoms with van der Waals surface area (Å²) in [5, 5.41) is 3.39. The highest BCUT2D eigenvalue weighted by molar-refractivity contribution is 5.87. The maximum absolute atomic E-state index is 12.1. The normalized spacial score (nSPS) is 18.3. The van der Waals surface area contributed by atoms with Crippen LogP contribution in [0.15, 0.2) is 24.3 Å². The molecule has 1 aliphatic rings. The number of amides is 1. The Hall–Kier alpha value is -1.55. The SMILES string of the molecule is CN(C(=O)OC(C)(C)C)c1cccc(CC2CCN2)c1. The Morgan fingerprint density at radius 1 is 1.45 bits per heavy atom. The molecular formula is C16H24N2O2. The van der Waals surface area contributed by atoms with Crippen LogP contribution in [0.3, 0.4) is 0 Å². The molecule has 1 unspecified atom stereocenters. The number of hydrogen-bond acceptors (Lipinski definition) is 3. The third kappa shape index (κ3) is 3.97. The molecule has 1 atom stereocenters. The van der Waals surface area contributed by atoms with Crippen molar-refractivity contribution in [1.29, 1.82) is 0 Å². The molecule has 0 aromatic heterocycles. The molecular weight excluding hydrogens is 252 g/mol. The van der Waals surface area contributed by atoms with Crippen molar-refractivity contribution in [3.63, 3.8) is 0 Å².